The molecule has 2 rings (SSSR count). The van der Waals surface area contributed by atoms with Gasteiger partial charge in [-0.3, -0.25) is 4.79 Å². The molecule has 1 atom stereocenters. The van der Waals surface area contributed by atoms with Crippen molar-refractivity contribution in [3.05, 3.63) is 53.7 Å². The van der Waals surface area contributed by atoms with E-state index in [9.17, 15) is 18.4 Å². The highest BCUT2D eigenvalue weighted by atomic mass is 19.1. The molecule has 0 fully saturated rings. The molecule has 0 aliphatic heterocycles. The highest BCUT2D eigenvalue weighted by Crippen LogP contribution is 2.18. The van der Waals surface area contributed by atoms with Crippen molar-refractivity contribution in [2.45, 2.75) is 20.0 Å². The zero-order valence-corrected chi connectivity index (χ0v) is 13.6. The Morgan fingerprint density at radius 1 is 1.28 bits per heavy atom. The van der Waals surface area contributed by atoms with Crippen molar-refractivity contribution in [2.24, 2.45) is 0 Å². The number of ether oxygens (including phenoxy) is 2. The van der Waals surface area contributed by atoms with E-state index in [-0.39, 0.29) is 17.1 Å². The summed E-state index contributed by atoms with van der Waals surface area (Å²) in [4.78, 5) is 28.1. The average molecular weight is 350 g/mol. The van der Waals surface area contributed by atoms with Gasteiger partial charge in [0.05, 0.1) is 12.3 Å². The lowest BCUT2D eigenvalue weighted by molar-refractivity contribution is -0.123. The van der Waals surface area contributed by atoms with Crippen molar-refractivity contribution in [2.75, 3.05) is 11.9 Å². The van der Waals surface area contributed by atoms with Crippen LogP contribution in [-0.4, -0.2) is 29.6 Å². The normalized spacial score (nSPS) is 11.5. The van der Waals surface area contributed by atoms with Crippen LogP contribution in [0, 0.1) is 11.6 Å². The molecular weight excluding hydrogens is 334 g/mol. The van der Waals surface area contributed by atoms with E-state index in [0.29, 0.717) is 12.7 Å². The maximum atomic E-state index is 13.6. The van der Waals surface area contributed by atoms with Crippen molar-refractivity contribution < 1.29 is 27.8 Å². The smallest absolute Gasteiger partial charge is 0.344 e. The Labute approximate surface area is 142 Å². The first-order chi connectivity index (χ1) is 11.9. The van der Waals surface area contributed by atoms with Gasteiger partial charge < -0.3 is 14.8 Å². The first-order valence-corrected chi connectivity index (χ1v) is 7.47. The SMILES string of the molecule is CCOc1ncccc1C(=O)OC(C)C(=O)Nc1ccc(F)cc1F. The van der Waals surface area contributed by atoms with Gasteiger partial charge >= 0.3 is 5.97 Å². The van der Waals surface area contributed by atoms with Crippen LogP contribution in [0.25, 0.3) is 0 Å². The van der Waals surface area contributed by atoms with Gasteiger partial charge in [-0.05, 0) is 38.1 Å². The summed E-state index contributed by atoms with van der Waals surface area (Å²) >= 11 is 0. The molecule has 25 heavy (non-hydrogen) atoms. The molecule has 0 bridgehead atoms. The first kappa shape index (κ1) is 18.3. The maximum absolute atomic E-state index is 13.6. The second-order valence-electron chi connectivity index (χ2n) is 4.95. The standard InChI is InChI=1S/C17H16F2N2O4/c1-3-24-16-12(5-4-8-20-16)17(23)25-10(2)15(22)21-14-7-6-11(18)9-13(14)19/h4-10H,3H2,1-2H3,(H,21,22). The van der Waals surface area contributed by atoms with Gasteiger partial charge in [0.1, 0.15) is 17.2 Å². The molecule has 1 heterocycles. The van der Waals surface area contributed by atoms with Crippen molar-refractivity contribution in [1.29, 1.82) is 0 Å². The van der Waals surface area contributed by atoms with Gasteiger partial charge in [0, 0.05) is 12.3 Å². The van der Waals surface area contributed by atoms with Crippen molar-refractivity contribution in [1.82, 2.24) is 4.98 Å². The van der Waals surface area contributed by atoms with Gasteiger partial charge in [-0.15, -0.1) is 0 Å². The molecule has 1 N–H and O–H groups in total. The van der Waals surface area contributed by atoms with Gasteiger partial charge in [-0.25, -0.2) is 18.6 Å². The number of carbonyl (C=O) groups excluding carboxylic acids is 2. The number of hydrogen-bond donors (Lipinski definition) is 1. The van der Waals surface area contributed by atoms with Crippen LogP contribution in [0.3, 0.4) is 0 Å². The number of aromatic nitrogens is 1. The molecule has 0 saturated heterocycles. The lowest BCUT2D eigenvalue weighted by atomic mass is 10.2. The molecule has 0 aliphatic carbocycles. The van der Waals surface area contributed by atoms with Crippen molar-refractivity contribution >= 4 is 17.6 Å². The minimum atomic E-state index is -1.22. The van der Waals surface area contributed by atoms with Gasteiger partial charge in [0.25, 0.3) is 5.91 Å². The predicted molar refractivity (Wildman–Crippen MR) is 85.3 cm³/mol. The Balaban J connectivity index is 2.04. The molecule has 8 heteroatoms. The summed E-state index contributed by atoms with van der Waals surface area (Å²) in [5.74, 6) is -3.18. The number of rotatable bonds is 6. The quantitative estimate of drug-likeness (QED) is 0.811. The van der Waals surface area contributed by atoms with Crippen LogP contribution in [-0.2, 0) is 9.53 Å². The van der Waals surface area contributed by atoms with Crippen LogP contribution in [0.1, 0.15) is 24.2 Å². The minimum absolute atomic E-state index is 0.0666. The van der Waals surface area contributed by atoms with Crippen molar-refractivity contribution in [3.63, 3.8) is 0 Å². The van der Waals surface area contributed by atoms with E-state index in [1.54, 1.807) is 6.92 Å². The third-order valence-electron chi connectivity index (χ3n) is 3.11. The molecule has 1 unspecified atom stereocenters. The number of hydrogen-bond acceptors (Lipinski definition) is 5. The molecule has 0 saturated carbocycles. The summed E-state index contributed by atoms with van der Waals surface area (Å²) in [5, 5.41) is 2.23. The fourth-order valence-corrected chi connectivity index (χ4v) is 1.90. The Hall–Kier alpha value is -3.03. The number of amides is 1. The zero-order valence-electron chi connectivity index (χ0n) is 13.6. The third-order valence-corrected chi connectivity index (χ3v) is 3.11. The molecule has 0 spiro atoms. The minimum Gasteiger partial charge on any atom is -0.477 e. The average Bonchev–Trinajstić information content (AvgIpc) is 2.58. The predicted octanol–water partition coefficient (Wildman–Crippen LogP) is 2.94. The van der Waals surface area contributed by atoms with E-state index in [1.165, 1.54) is 25.3 Å². The second-order valence-corrected chi connectivity index (χ2v) is 4.95. The van der Waals surface area contributed by atoms with Crippen LogP contribution in [0.2, 0.25) is 0 Å². The third kappa shape index (κ3) is 4.72. The molecule has 1 amide bonds. The number of anilines is 1. The topological polar surface area (TPSA) is 77.5 Å². The van der Waals surface area contributed by atoms with Crippen LogP contribution >= 0.6 is 0 Å². The van der Waals surface area contributed by atoms with Crippen LogP contribution in [0.5, 0.6) is 5.88 Å². The number of benzene rings is 1. The van der Waals surface area contributed by atoms with Crippen LogP contribution in [0.4, 0.5) is 14.5 Å². The van der Waals surface area contributed by atoms with E-state index in [2.05, 4.69) is 10.3 Å². The number of pyridine rings is 1. The van der Waals surface area contributed by atoms with Gasteiger partial charge in [0.2, 0.25) is 5.88 Å². The molecule has 0 radical (unpaired) electrons. The van der Waals surface area contributed by atoms with E-state index in [4.69, 9.17) is 9.47 Å². The maximum Gasteiger partial charge on any atom is 0.344 e. The largest absolute Gasteiger partial charge is 0.477 e. The second kappa shape index (κ2) is 8.18. The van der Waals surface area contributed by atoms with Gasteiger partial charge in [-0.2, -0.15) is 0 Å². The Morgan fingerprint density at radius 3 is 2.72 bits per heavy atom. The van der Waals surface area contributed by atoms with E-state index in [1.807, 2.05) is 0 Å². The molecular formula is C17H16F2N2O4. The first-order valence-electron chi connectivity index (χ1n) is 7.47. The molecule has 2 aromatic rings. The molecule has 132 valence electrons. The summed E-state index contributed by atoms with van der Waals surface area (Å²) < 4.78 is 36.7. The molecule has 1 aromatic heterocycles. The summed E-state index contributed by atoms with van der Waals surface area (Å²) in [7, 11) is 0. The summed E-state index contributed by atoms with van der Waals surface area (Å²) in [6, 6.07) is 5.68. The van der Waals surface area contributed by atoms with Crippen molar-refractivity contribution in [3.8, 4) is 5.88 Å². The lowest BCUT2D eigenvalue weighted by Gasteiger charge is -2.15. The molecule has 1 aromatic carbocycles. The highest BCUT2D eigenvalue weighted by Gasteiger charge is 2.22. The van der Waals surface area contributed by atoms with E-state index < -0.39 is 29.6 Å². The number of carbonyl (C=O) groups is 2. The molecule has 6 nitrogen and oxygen atoms in total. The molecule has 0 aliphatic rings. The number of halogens is 2. The number of esters is 1. The Bertz CT molecular complexity index is 783. The monoisotopic (exact) mass is 350 g/mol. The fourth-order valence-electron chi connectivity index (χ4n) is 1.90. The van der Waals surface area contributed by atoms with E-state index in [0.717, 1.165) is 12.1 Å². The van der Waals surface area contributed by atoms with Gasteiger partial charge in [0.15, 0.2) is 6.10 Å². The lowest BCUT2D eigenvalue weighted by Crippen LogP contribution is -2.30. The zero-order chi connectivity index (χ0) is 18.4. The summed E-state index contributed by atoms with van der Waals surface area (Å²) in [6.45, 7) is 3.36. The number of nitrogens with zero attached hydrogens (tertiary/aromatic N) is 1. The van der Waals surface area contributed by atoms with Crippen LogP contribution in [0.15, 0.2) is 36.5 Å². The number of nitrogens with one attached hydrogen (secondary N) is 1. The Morgan fingerprint density at radius 2 is 2.04 bits per heavy atom. The van der Waals surface area contributed by atoms with Crippen LogP contribution < -0.4 is 10.1 Å². The van der Waals surface area contributed by atoms with Gasteiger partial charge in [-0.1, -0.05) is 0 Å². The highest BCUT2D eigenvalue weighted by molar-refractivity contribution is 5.98. The van der Waals surface area contributed by atoms with E-state index >= 15 is 0 Å². The summed E-state index contributed by atoms with van der Waals surface area (Å²) in [6.07, 6.45) is 0.238. The summed E-state index contributed by atoms with van der Waals surface area (Å²) in [5.41, 5.74) is -0.150. The Kier molecular flexibility index (Phi) is 5.99. The fraction of sp³-hybridized carbons (Fsp3) is 0.235.